The largest absolute Gasteiger partial charge is 0.465 e. The molecule has 1 aromatic heterocycles. The van der Waals surface area contributed by atoms with Crippen molar-refractivity contribution in [2.45, 2.75) is 6.92 Å². The number of ether oxygens (including phenoxy) is 1. The van der Waals surface area contributed by atoms with Crippen LogP contribution in [0.25, 0.3) is 6.08 Å². The first kappa shape index (κ1) is 17.4. The van der Waals surface area contributed by atoms with Crippen LogP contribution in [0.4, 0.5) is 5.13 Å². The number of esters is 1. The van der Waals surface area contributed by atoms with Gasteiger partial charge in [0, 0.05) is 18.1 Å². The van der Waals surface area contributed by atoms with Crippen molar-refractivity contribution >= 4 is 51.4 Å². The number of hydrogen-bond acceptors (Lipinski definition) is 7. The molecule has 0 spiro atoms. The zero-order valence-corrected chi connectivity index (χ0v) is 15.3. The van der Waals surface area contributed by atoms with Crippen LogP contribution in [0.5, 0.6) is 0 Å². The fraction of sp³-hybridized carbons (Fsp3) is 0.176. The molecule has 2 heterocycles. The van der Waals surface area contributed by atoms with Gasteiger partial charge < -0.3 is 4.74 Å². The Hall–Kier alpha value is -2.45. The number of hydrogen-bond donors (Lipinski definition) is 0. The molecule has 0 atom stereocenters. The summed E-state index contributed by atoms with van der Waals surface area (Å²) in [6.07, 6.45) is 3.47. The highest BCUT2D eigenvalue weighted by atomic mass is 32.2. The van der Waals surface area contributed by atoms with Crippen molar-refractivity contribution in [1.29, 1.82) is 0 Å². The maximum atomic E-state index is 12.6. The summed E-state index contributed by atoms with van der Waals surface area (Å²) < 4.78 is 4.68. The molecule has 2 aromatic rings. The number of aromatic nitrogens is 1. The van der Waals surface area contributed by atoms with E-state index in [1.165, 1.54) is 30.2 Å². The Kier molecular flexibility index (Phi) is 5.30. The minimum atomic E-state index is -0.388. The lowest BCUT2D eigenvalue weighted by Crippen LogP contribution is -2.28. The third kappa shape index (κ3) is 3.80. The number of likely N-dealkylation sites (N-methyl/N-ethyl adjacent to an activating group) is 1. The summed E-state index contributed by atoms with van der Waals surface area (Å²) in [6, 6.07) is 6.90. The third-order valence-electron chi connectivity index (χ3n) is 3.44. The first-order valence-corrected chi connectivity index (χ1v) is 9.20. The molecule has 1 saturated heterocycles. The summed E-state index contributed by atoms with van der Waals surface area (Å²) in [5, 5.41) is 3.09. The Morgan fingerprint density at radius 2 is 2.12 bits per heavy atom. The van der Waals surface area contributed by atoms with E-state index in [4.69, 9.17) is 0 Å². The smallest absolute Gasteiger partial charge is 0.337 e. The van der Waals surface area contributed by atoms with Gasteiger partial charge in [0.1, 0.15) is 0 Å². The number of thioether (sulfide) groups is 1. The van der Waals surface area contributed by atoms with Crippen molar-refractivity contribution in [3.05, 3.63) is 51.9 Å². The van der Waals surface area contributed by atoms with Gasteiger partial charge in [-0.1, -0.05) is 12.1 Å². The number of carbonyl (C=O) groups is 2. The lowest BCUT2D eigenvalue weighted by molar-refractivity contribution is -0.122. The molecule has 0 aliphatic carbocycles. The number of rotatable bonds is 4. The highest BCUT2D eigenvalue weighted by molar-refractivity contribution is 8.18. The molecule has 1 amide bonds. The zero-order chi connectivity index (χ0) is 17.8. The van der Waals surface area contributed by atoms with Crippen LogP contribution in [0.15, 0.2) is 45.7 Å². The van der Waals surface area contributed by atoms with E-state index in [1.807, 2.05) is 12.3 Å². The van der Waals surface area contributed by atoms with Crippen molar-refractivity contribution < 1.29 is 14.3 Å². The number of amides is 1. The van der Waals surface area contributed by atoms with E-state index in [2.05, 4.69) is 14.7 Å². The van der Waals surface area contributed by atoms with Crippen LogP contribution < -0.4 is 0 Å². The summed E-state index contributed by atoms with van der Waals surface area (Å²) in [7, 11) is 1.34. The van der Waals surface area contributed by atoms with Gasteiger partial charge >= 0.3 is 5.97 Å². The van der Waals surface area contributed by atoms with Gasteiger partial charge in [-0.15, -0.1) is 11.3 Å². The molecule has 25 heavy (non-hydrogen) atoms. The van der Waals surface area contributed by atoms with Gasteiger partial charge in [-0.25, -0.2) is 9.78 Å². The second-order valence-corrected chi connectivity index (χ2v) is 6.86. The predicted molar refractivity (Wildman–Crippen MR) is 99.9 cm³/mol. The topological polar surface area (TPSA) is 71.9 Å². The van der Waals surface area contributed by atoms with Crippen molar-refractivity contribution in [3.8, 4) is 0 Å². The normalized spacial score (nSPS) is 17.5. The van der Waals surface area contributed by atoms with E-state index >= 15 is 0 Å². The first-order chi connectivity index (χ1) is 12.1. The van der Waals surface area contributed by atoms with Crippen molar-refractivity contribution in [2.75, 3.05) is 13.7 Å². The van der Waals surface area contributed by atoms with Gasteiger partial charge in [-0.2, -0.15) is 4.99 Å². The van der Waals surface area contributed by atoms with Crippen LogP contribution in [-0.2, 0) is 9.53 Å². The number of methoxy groups -OCH3 is 1. The highest BCUT2D eigenvalue weighted by Gasteiger charge is 2.32. The maximum Gasteiger partial charge on any atom is 0.337 e. The van der Waals surface area contributed by atoms with E-state index in [9.17, 15) is 9.59 Å². The monoisotopic (exact) mass is 373 g/mol. The van der Waals surface area contributed by atoms with Crippen LogP contribution in [0.1, 0.15) is 22.8 Å². The van der Waals surface area contributed by atoms with Gasteiger partial charge in [0.05, 0.1) is 17.6 Å². The second kappa shape index (κ2) is 7.62. The van der Waals surface area contributed by atoms with Crippen LogP contribution in [0.2, 0.25) is 0 Å². The van der Waals surface area contributed by atoms with E-state index in [0.29, 0.717) is 27.3 Å². The minimum Gasteiger partial charge on any atom is -0.465 e. The number of amidine groups is 1. The summed E-state index contributed by atoms with van der Waals surface area (Å²) in [5.41, 5.74) is 1.30. The van der Waals surface area contributed by atoms with Gasteiger partial charge in [-0.3, -0.25) is 9.69 Å². The molecule has 1 aromatic carbocycles. The Balaban J connectivity index is 1.86. The average molecular weight is 373 g/mol. The molecule has 1 fully saturated rings. The van der Waals surface area contributed by atoms with Crippen LogP contribution >= 0.6 is 23.1 Å². The third-order valence-corrected chi connectivity index (χ3v) is 5.12. The molecule has 0 saturated carbocycles. The molecule has 6 nitrogen and oxygen atoms in total. The molecule has 0 bridgehead atoms. The van der Waals surface area contributed by atoms with E-state index in [-0.39, 0.29) is 11.9 Å². The highest BCUT2D eigenvalue weighted by Crippen LogP contribution is 2.34. The Labute approximate surface area is 153 Å². The Morgan fingerprint density at radius 1 is 1.36 bits per heavy atom. The van der Waals surface area contributed by atoms with E-state index < -0.39 is 0 Å². The molecule has 1 aliphatic heterocycles. The van der Waals surface area contributed by atoms with Crippen LogP contribution in [0.3, 0.4) is 0 Å². The van der Waals surface area contributed by atoms with E-state index in [0.717, 1.165) is 5.56 Å². The van der Waals surface area contributed by atoms with Crippen LogP contribution in [0, 0.1) is 0 Å². The summed E-state index contributed by atoms with van der Waals surface area (Å²) >= 11 is 2.74. The fourth-order valence-electron chi connectivity index (χ4n) is 2.21. The van der Waals surface area contributed by atoms with Gasteiger partial charge in [0.15, 0.2) is 5.17 Å². The van der Waals surface area contributed by atoms with Crippen molar-refractivity contribution in [3.63, 3.8) is 0 Å². The molecular weight excluding hydrogens is 358 g/mol. The number of thiazole rings is 1. The zero-order valence-electron chi connectivity index (χ0n) is 13.6. The Morgan fingerprint density at radius 3 is 2.72 bits per heavy atom. The number of aliphatic imine (C=N–C) groups is 1. The average Bonchev–Trinajstić information content (AvgIpc) is 3.24. The molecular formula is C17H15N3O3S2. The number of benzene rings is 1. The minimum absolute atomic E-state index is 0.0835. The van der Waals surface area contributed by atoms with Crippen molar-refractivity contribution in [2.24, 2.45) is 4.99 Å². The molecule has 0 unspecified atom stereocenters. The SMILES string of the molecule is CCN1C(=O)/C(=C/c2ccc(C(=O)OC)cc2)S/C1=N/c1nccs1. The molecule has 128 valence electrons. The van der Waals surface area contributed by atoms with Crippen LogP contribution in [-0.4, -0.2) is 40.6 Å². The van der Waals surface area contributed by atoms with Gasteiger partial charge in [0.2, 0.25) is 5.13 Å². The standard InChI is InChI=1S/C17H15N3O3S2/c1-3-20-14(21)13(25-17(20)19-16-18-8-9-24-16)10-11-4-6-12(7-5-11)15(22)23-2/h4-10H,3H2,1-2H3/b13-10-,19-17+. The summed E-state index contributed by atoms with van der Waals surface area (Å²) in [6.45, 7) is 2.44. The fourth-order valence-corrected chi connectivity index (χ4v) is 3.81. The molecule has 0 N–H and O–H groups in total. The van der Waals surface area contributed by atoms with Gasteiger partial charge in [-0.05, 0) is 42.5 Å². The Bertz CT molecular complexity index is 843. The van der Waals surface area contributed by atoms with Crippen molar-refractivity contribution in [1.82, 2.24) is 9.88 Å². The lowest BCUT2D eigenvalue weighted by atomic mass is 10.1. The maximum absolute atomic E-state index is 12.6. The quantitative estimate of drug-likeness (QED) is 0.605. The molecule has 1 aliphatic rings. The van der Waals surface area contributed by atoms with E-state index in [1.54, 1.807) is 41.4 Å². The molecule has 8 heteroatoms. The molecule has 3 rings (SSSR count). The molecule has 0 radical (unpaired) electrons. The summed E-state index contributed by atoms with van der Waals surface area (Å²) in [5.74, 6) is -0.472. The first-order valence-electron chi connectivity index (χ1n) is 7.50. The second-order valence-electron chi connectivity index (χ2n) is 4.98. The summed E-state index contributed by atoms with van der Waals surface area (Å²) in [4.78, 5) is 34.8. The predicted octanol–water partition coefficient (Wildman–Crippen LogP) is 3.55. The number of nitrogens with zero attached hydrogens (tertiary/aromatic N) is 3. The number of carbonyl (C=O) groups excluding carboxylic acids is 2. The van der Waals surface area contributed by atoms with Gasteiger partial charge in [0.25, 0.3) is 5.91 Å². The lowest BCUT2D eigenvalue weighted by Gasteiger charge is -2.11.